The third-order valence-corrected chi connectivity index (χ3v) is 7.37. The van der Waals surface area contributed by atoms with Gasteiger partial charge in [0.25, 0.3) is 0 Å². The molecule has 2 N–H and O–H groups in total. The van der Waals surface area contributed by atoms with Crippen molar-refractivity contribution in [3.05, 3.63) is 81.9 Å². The number of amides is 2. The first-order valence-electron chi connectivity index (χ1n) is 13.7. The summed E-state index contributed by atoms with van der Waals surface area (Å²) < 4.78 is 21.6. The molecular formula is C32H38N2O8. The first kappa shape index (κ1) is 30.6. The minimum Gasteiger partial charge on any atom is -0.466 e. The molecule has 0 radical (unpaired) electrons. The quantitative estimate of drug-likeness (QED) is 0.384. The van der Waals surface area contributed by atoms with Gasteiger partial charge in [0, 0.05) is 13.1 Å². The van der Waals surface area contributed by atoms with E-state index in [4.69, 9.17) is 18.9 Å². The van der Waals surface area contributed by atoms with Crippen LogP contribution in [0, 0.1) is 0 Å². The highest BCUT2D eigenvalue weighted by Crippen LogP contribution is 2.61. The molecule has 0 heterocycles. The number of alkyl carbamates (subject to hydrolysis) is 2. The number of benzene rings is 2. The minimum atomic E-state index is -1.35. The van der Waals surface area contributed by atoms with E-state index in [0.717, 1.165) is 0 Å². The van der Waals surface area contributed by atoms with Gasteiger partial charge in [0.1, 0.15) is 11.2 Å². The van der Waals surface area contributed by atoms with Crippen LogP contribution in [0.3, 0.4) is 0 Å². The molecule has 0 aromatic heterocycles. The maximum absolute atomic E-state index is 13.8. The van der Waals surface area contributed by atoms with Gasteiger partial charge in [-0.05, 0) is 63.8 Å². The number of carbonyl (C=O) groups excluding carboxylic acids is 4. The van der Waals surface area contributed by atoms with Crippen LogP contribution in [-0.4, -0.2) is 62.6 Å². The summed E-state index contributed by atoms with van der Waals surface area (Å²) in [6.45, 7) is 10.2. The maximum Gasteiger partial charge on any atom is 0.407 e. The van der Waals surface area contributed by atoms with E-state index < -0.39 is 46.2 Å². The van der Waals surface area contributed by atoms with E-state index in [0.29, 0.717) is 22.3 Å². The van der Waals surface area contributed by atoms with Crippen LogP contribution in [0.5, 0.6) is 0 Å². The second-order valence-corrected chi connectivity index (χ2v) is 12.3. The number of methoxy groups -OCH3 is 2. The molecule has 2 bridgehead atoms. The highest BCUT2D eigenvalue weighted by molar-refractivity contribution is 6.09. The maximum atomic E-state index is 13.8. The lowest BCUT2D eigenvalue weighted by Gasteiger charge is -2.55. The van der Waals surface area contributed by atoms with Crippen molar-refractivity contribution in [2.24, 2.45) is 0 Å². The fourth-order valence-corrected chi connectivity index (χ4v) is 6.06. The first-order chi connectivity index (χ1) is 19.6. The lowest BCUT2D eigenvalue weighted by Crippen LogP contribution is -2.61. The molecule has 0 saturated heterocycles. The first-order valence-corrected chi connectivity index (χ1v) is 13.7. The molecule has 2 amide bonds. The van der Waals surface area contributed by atoms with Crippen LogP contribution < -0.4 is 10.6 Å². The minimum absolute atomic E-state index is 0.0105. The Labute approximate surface area is 245 Å². The van der Waals surface area contributed by atoms with E-state index in [1.165, 1.54) is 14.2 Å². The zero-order valence-electron chi connectivity index (χ0n) is 25.3. The van der Waals surface area contributed by atoms with E-state index in [2.05, 4.69) is 10.6 Å². The van der Waals surface area contributed by atoms with Gasteiger partial charge in [-0.1, -0.05) is 48.5 Å². The zero-order chi connectivity index (χ0) is 31.1. The van der Waals surface area contributed by atoms with Crippen LogP contribution in [0.1, 0.15) is 63.8 Å². The molecule has 10 heteroatoms. The van der Waals surface area contributed by atoms with E-state index in [9.17, 15) is 19.2 Å². The van der Waals surface area contributed by atoms with Gasteiger partial charge in [0.15, 0.2) is 0 Å². The highest BCUT2D eigenvalue weighted by atomic mass is 16.6. The number of carbonyl (C=O) groups is 4. The topological polar surface area (TPSA) is 129 Å². The number of nitrogens with one attached hydrogen (secondary N) is 2. The molecule has 3 aliphatic carbocycles. The van der Waals surface area contributed by atoms with Crippen LogP contribution in [0.2, 0.25) is 0 Å². The van der Waals surface area contributed by atoms with E-state index in [-0.39, 0.29) is 24.2 Å². The number of hydrogen-bond acceptors (Lipinski definition) is 8. The predicted octanol–water partition coefficient (Wildman–Crippen LogP) is 4.28. The van der Waals surface area contributed by atoms with Crippen molar-refractivity contribution in [1.82, 2.24) is 10.6 Å². The standard InChI is InChI=1S/C32H38N2O8/c1-29(2,3)41-27(37)33-17-31-19-13-9-11-15-21(19)32(22-16-12-10-14-20(22)31,18-34-28(38)42-30(4,5)6)24(26(36)40-8)23(31)25(35)39-7/h9-16H,17-18H2,1-8H3,(H,33,37)(H,34,38). The SMILES string of the molecule is COC(=O)C1=C(C(=O)OC)C2(CNC(=O)OC(C)(C)C)c3ccccc3C1(CNC(=O)OC(C)(C)C)c1ccccc12. The summed E-state index contributed by atoms with van der Waals surface area (Å²) in [5.41, 5.74) is -1.56. The van der Waals surface area contributed by atoms with Gasteiger partial charge < -0.3 is 29.6 Å². The Balaban J connectivity index is 2.05. The molecule has 0 aliphatic heterocycles. The van der Waals surface area contributed by atoms with Crippen LogP contribution >= 0.6 is 0 Å². The van der Waals surface area contributed by atoms with Gasteiger partial charge in [-0.2, -0.15) is 0 Å². The van der Waals surface area contributed by atoms with Gasteiger partial charge in [-0.15, -0.1) is 0 Å². The molecule has 2 aromatic rings. The van der Waals surface area contributed by atoms with E-state index >= 15 is 0 Å². The van der Waals surface area contributed by atoms with Crippen molar-refractivity contribution >= 4 is 24.1 Å². The smallest absolute Gasteiger partial charge is 0.407 e. The molecule has 0 fully saturated rings. The lowest BCUT2D eigenvalue weighted by molar-refractivity contribution is -0.140. The number of ether oxygens (including phenoxy) is 4. The average Bonchev–Trinajstić information content (AvgIpc) is 2.92. The summed E-state index contributed by atoms with van der Waals surface area (Å²) in [5, 5.41) is 5.67. The van der Waals surface area contributed by atoms with Crippen molar-refractivity contribution in [2.45, 2.75) is 63.6 Å². The Hall–Kier alpha value is -4.34. The molecule has 42 heavy (non-hydrogen) atoms. The molecule has 0 spiro atoms. The number of esters is 2. The van der Waals surface area contributed by atoms with Crippen LogP contribution in [0.25, 0.3) is 0 Å². The van der Waals surface area contributed by atoms with Crippen molar-refractivity contribution < 1.29 is 38.1 Å². The molecule has 5 rings (SSSR count). The Morgan fingerprint density at radius 2 is 0.881 bits per heavy atom. The Kier molecular flexibility index (Phi) is 7.88. The number of rotatable bonds is 6. The molecule has 0 unspecified atom stereocenters. The summed E-state index contributed by atoms with van der Waals surface area (Å²) in [7, 11) is 2.45. The average molecular weight is 579 g/mol. The third-order valence-electron chi connectivity index (χ3n) is 7.37. The molecule has 0 saturated carbocycles. The summed E-state index contributed by atoms with van der Waals surface area (Å²) in [6.07, 6.45) is -1.38. The highest BCUT2D eigenvalue weighted by Gasteiger charge is 2.64. The second kappa shape index (κ2) is 10.8. The van der Waals surface area contributed by atoms with E-state index in [1.54, 1.807) is 41.5 Å². The molecule has 2 aromatic carbocycles. The number of hydrogen-bond donors (Lipinski definition) is 2. The molecular weight excluding hydrogens is 540 g/mol. The van der Waals surface area contributed by atoms with Gasteiger partial charge >= 0.3 is 24.1 Å². The summed E-state index contributed by atoms with van der Waals surface area (Å²) >= 11 is 0. The summed E-state index contributed by atoms with van der Waals surface area (Å²) in [6, 6.07) is 14.7. The van der Waals surface area contributed by atoms with Gasteiger partial charge in [0.2, 0.25) is 0 Å². The summed E-state index contributed by atoms with van der Waals surface area (Å²) in [5.74, 6) is -1.54. The van der Waals surface area contributed by atoms with Crippen molar-refractivity contribution in [2.75, 3.05) is 27.3 Å². The largest absolute Gasteiger partial charge is 0.466 e. The van der Waals surface area contributed by atoms with Crippen LogP contribution in [0.15, 0.2) is 59.7 Å². The Morgan fingerprint density at radius 3 is 1.12 bits per heavy atom. The lowest BCUT2D eigenvalue weighted by atomic mass is 9.46. The van der Waals surface area contributed by atoms with Crippen LogP contribution in [-0.2, 0) is 39.4 Å². The van der Waals surface area contributed by atoms with Crippen molar-refractivity contribution in [1.29, 1.82) is 0 Å². The fourth-order valence-electron chi connectivity index (χ4n) is 6.06. The normalized spacial score (nSPS) is 20.6. The van der Waals surface area contributed by atoms with E-state index in [1.807, 2.05) is 48.5 Å². The predicted molar refractivity (Wildman–Crippen MR) is 154 cm³/mol. The second-order valence-electron chi connectivity index (χ2n) is 12.3. The van der Waals surface area contributed by atoms with Crippen molar-refractivity contribution in [3.63, 3.8) is 0 Å². The van der Waals surface area contributed by atoms with Gasteiger partial charge in [-0.3, -0.25) is 0 Å². The zero-order valence-corrected chi connectivity index (χ0v) is 25.3. The van der Waals surface area contributed by atoms with Crippen molar-refractivity contribution in [3.8, 4) is 0 Å². The van der Waals surface area contributed by atoms with Crippen LogP contribution in [0.4, 0.5) is 9.59 Å². The molecule has 3 aliphatic rings. The fraction of sp³-hybridized carbons (Fsp3) is 0.438. The molecule has 0 atom stereocenters. The summed E-state index contributed by atoms with van der Waals surface area (Å²) in [4.78, 5) is 53.5. The molecule has 224 valence electrons. The monoisotopic (exact) mass is 578 g/mol. The molecule has 10 nitrogen and oxygen atoms in total. The Bertz CT molecular complexity index is 1310. The third kappa shape index (κ3) is 5.10. The Morgan fingerprint density at radius 1 is 0.595 bits per heavy atom. The van der Waals surface area contributed by atoms with Gasteiger partial charge in [-0.25, -0.2) is 19.2 Å². The van der Waals surface area contributed by atoms with Gasteiger partial charge in [0.05, 0.1) is 36.2 Å².